The first-order valence-corrected chi connectivity index (χ1v) is 11.2. The van der Waals surface area contributed by atoms with Gasteiger partial charge in [-0.3, -0.25) is 9.35 Å². The average molecular weight is 422 g/mol. The summed E-state index contributed by atoms with van der Waals surface area (Å²) in [4.78, 5) is 11.6. The molecule has 0 fully saturated rings. The predicted octanol–water partition coefficient (Wildman–Crippen LogP) is 4.27. The van der Waals surface area contributed by atoms with Crippen LogP contribution in [-0.4, -0.2) is 25.0 Å². The number of carbonyl (C=O) groups is 1. The van der Waals surface area contributed by atoms with E-state index in [4.69, 9.17) is 15.0 Å². The molecule has 2 aromatic carbocycles. The second-order valence-electron chi connectivity index (χ2n) is 6.84. The van der Waals surface area contributed by atoms with Crippen LogP contribution in [0, 0.1) is 6.92 Å². The standard InChI is InChI=1S/C15H23NO2.C7H8O3S/c1-2-3-4-8-11-14(16)15(17)18-12-13-9-6-5-7-10-13;1-6-2-4-7(5-3-6)11(8,9)10/h5-7,9-10,14H,2-4,8,11-12,16H2,1H3;2-5H,1H3,(H,8,9,10). The number of esters is 1. The molecule has 0 aliphatic heterocycles. The molecule has 0 bridgehead atoms. The van der Waals surface area contributed by atoms with Crippen LogP contribution < -0.4 is 5.73 Å². The Morgan fingerprint density at radius 3 is 2.21 bits per heavy atom. The monoisotopic (exact) mass is 421 g/mol. The van der Waals surface area contributed by atoms with Crippen LogP contribution in [-0.2, 0) is 26.3 Å². The highest BCUT2D eigenvalue weighted by Gasteiger charge is 2.14. The van der Waals surface area contributed by atoms with Gasteiger partial charge in [-0.1, -0.05) is 80.6 Å². The third-order valence-corrected chi connectivity index (χ3v) is 5.08. The molecule has 0 aliphatic carbocycles. The fourth-order valence-electron chi connectivity index (χ4n) is 2.45. The fraction of sp³-hybridized carbons (Fsp3) is 0.409. The number of hydrogen-bond acceptors (Lipinski definition) is 5. The molecule has 2 rings (SSSR count). The van der Waals surface area contributed by atoms with E-state index >= 15 is 0 Å². The topological polar surface area (TPSA) is 107 Å². The van der Waals surface area contributed by atoms with Crippen LogP contribution in [0.25, 0.3) is 0 Å². The van der Waals surface area contributed by atoms with Gasteiger partial charge in [-0.15, -0.1) is 0 Å². The lowest BCUT2D eigenvalue weighted by Crippen LogP contribution is -2.32. The van der Waals surface area contributed by atoms with Crippen molar-refractivity contribution in [3.63, 3.8) is 0 Å². The average Bonchev–Trinajstić information content (AvgIpc) is 2.70. The van der Waals surface area contributed by atoms with Crippen LogP contribution in [0.5, 0.6) is 0 Å². The number of carbonyl (C=O) groups excluding carboxylic acids is 1. The first kappa shape index (κ1) is 24.8. The summed E-state index contributed by atoms with van der Waals surface area (Å²) in [6, 6.07) is 15.2. The van der Waals surface area contributed by atoms with Gasteiger partial charge in [0.1, 0.15) is 12.6 Å². The maximum absolute atomic E-state index is 11.6. The molecule has 2 aromatic rings. The molecule has 0 heterocycles. The van der Waals surface area contributed by atoms with Crippen molar-refractivity contribution in [3.05, 3.63) is 65.7 Å². The van der Waals surface area contributed by atoms with Gasteiger partial charge in [0.2, 0.25) is 0 Å². The van der Waals surface area contributed by atoms with E-state index in [2.05, 4.69) is 6.92 Å². The first-order valence-electron chi connectivity index (χ1n) is 9.74. The fourth-order valence-corrected chi connectivity index (χ4v) is 2.93. The molecule has 0 spiro atoms. The van der Waals surface area contributed by atoms with Gasteiger partial charge in [0, 0.05) is 0 Å². The minimum absolute atomic E-state index is 0.0666. The number of aryl methyl sites for hydroxylation is 1. The Hall–Kier alpha value is -2.22. The van der Waals surface area contributed by atoms with Crippen LogP contribution in [0.1, 0.15) is 50.2 Å². The van der Waals surface area contributed by atoms with Crippen molar-refractivity contribution in [1.82, 2.24) is 0 Å². The molecule has 6 nitrogen and oxygen atoms in total. The number of unbranched alkanes of at least 4 members (excludes halogenated alkanes) is 3. The van der Waals surface area contributed by atoms with E-state index in [0.29, 0.717) is 13.0 Å². The molecule has 0 saturated heterocycles. The minimum Gasteiger partial charge on any atom is -0.460 e. The zero-order chi connectivity index (χ0) is 21.7. The summed E-state index contributed by atoms with van der Waals surface area (Å²) in [5, 5.41) is 0. The maximum Gasteiger partial charge on any atom is 0.323 e. The first-order chi connectivity index (χ1) is 13.7. The molecule has 3 N–H and O–H groups in total. The van der Waals surface area contributed by atoms with E-state index in [-0.39, 0.29) is 10.9 Å². The number of hydrogen-bond donors (Lipinski definition) is 2. The van der Waals surface area contributed by atoms with E-state index in [1.807, 2.05) is 37.3 Å². The van der Waals surface area contributed by atoms with Gasteiger partial charge in [0.25, 0.3) is 10.1 Å². The highest BCUT2D eigenvalue weighted by atomic mass is 32.2. The van der Waals surface area contributed by atoms with E-state index in [1.165, 1.54) is 25.0 Å². The molecule has 0 amide bonds. The van der Waals surface area contributed by atoms with Crippen molar-refractivity contribution < 1.29 is 22.5 Å². The molecule has 1 atom stereocenters. The van der Waals surface area contributed by atoms with Gasteiger partial charge >= 0.3 is 5.97 Å². The Labute approximate surface area is 173 Å². The van der Waals surface area contributed by atoms with E-state index < -0.39 is 16.2 Å². The van der Waals surface area contributed by atoms with Crippen LogP contribution in [0.4, 0.5) is 0 Å². The number of nitrogens with two attached hydrogens (primary N) is 1. The van der Waals surface area contributed by atoms with E-state index in [0.717, 1.165) is 24.0 Å². The summed E-state index contributed by atoms with van der Waals surface area (Å²) in [6.45, 7) is 4.31. The lowest BCUT2D eigenvalue weighted by molar-refractivity contribution is -0.146. The van der Waals surface area contributed by atoms with Crippen molar-refractivity contribution in [3.8, 4) is 0 Å². The van der Waals surface area contributed by atoms with Crippen molar-refractivity contribution >= 4 is 16.1 Å². The minimum atomic E-state index is -4.02. The zero-order valence-corrected chi connectivity index (χ0v) is 17.9. The van der Waals surface area contributed by atoms with Gasteiger partial charge in [0.05, 0.1) is 4.90 Å². The molecule has 0 aromatic heterocycles. The SMILES string of the molecule is CCCCCCC(N)C(=O)OCc1ccccc1.Cc1ccc(S(=O)(=O)O)cc1. The molecule has 1 unspecified atom stereocenters. The summed E-state index contributed by atoms with van der Waals surface area (Å²) < 4.78 is 34.7. The summed E-state index contributed by atoms with van der Waals surface area (Å²) in [5.74, 6) is -0.296. The molecular weight excluding hydrogens is 390 g/mol. The second kappa shape index (κ2) is 13.1. The quantitative estimate of drug-likeness (QED) is 0.356. The van der Waals surface area contributed by atoms with Gasteiger partial charge in [-0.05, 0) is 31.0 Å². The van der Waals surface area contributed by atoms with Gasteiger partial charge < -0.3 is 10.5 Å². The third kappa shape index (κ3) is 10.8. The molecule has 160 valence electrons. The highest BCUT2D eigenvalue weighted by molar-refractivity contribution is 7.85. The Morgan fingerprint density at radius 2 is 1.66 bits per heavy atom. The van der Waals surface area contributed by atoms with E-state index in [1.54, 1.807) is 12.1 Å². The van der Waals surface area contributed by atoms with Gasteiger partial charge in [-0.25, -0.2) is 0 Å². The zero-order valence-electron chi connectivity index (χ0n) is 17.1. The number of ether oxygens (including phenoxy) is 1. The Kier molecular flexibility index (Phi) is 11.2. The summed E-state index contributed by atoms with van der Waals surface area (Å²) >= 11 is 0. The number of rotatable bonds is 9. The van der Waals surface area contributed by atoms with Crippen molar-refractivity contribution in [1.29, 1.82) is 0 Å². The Balaban J connectivity index is 0.000000326. The van der Waals surface area contributed by atoms with Crippen LogP contribution in [0.15, 0.2) is 59.5 Å². The largest absolute Gasteiger partial charge is 0.460 e. The van der Waals surface area contributed by atoms with E-state index in [9.17, 15) is 13.2 Å². The van der Waals surface area contributed by atoms with Crippen LogP contribution in [0.2, 0.25) is 0 Å². The summed E-state index contributed by atoms with van der Waals surface area (Å²) in [6.07, 6.45) is 5.23. The predicted molar refractivity (Wildman–Crippen MR) is 114 cm³/mol. The molecule has 0 saturated carbocycles. The molecule has 0 radical (unpaired) electrons. The molecular formula is C22H31NO5S. The van der Waals surface area contributed by atoms with Gasteiger partial charge in [-0.2, -0.15) is 8.42 Å². The normalized spacial score (nSPS) is 11.9. The van der Waals surface area contributed by atoms with Crippen molar-refractivity contribution in [2.45, 2.75) is 63.5 Å². The number of benzene rings is 2. The van der Waals surface area contributed by atoms with Crippen LogP contribution in [0.3, 0.4) is 0 Å². The molecule has 29 heavy (non-hydrogen) atoms. The Bertz CT molecular complexity index is 820. The van der Waals surface area contributed by atoms with Crippen molar-refractivity contribution in [2.24, 2.45) is 5.73 Å². The smallest absolute Gasteiger partial charge is 0.323 e. The lowest BCUT2D eigenvalue weighted by Gasteiger charge is -2.11. The second-order valence-corrected chi connectivity index (χ2v) is 8.26. The summed E-state index contributed by atoms with van der Waals surface area (Å²) in [5.41, 5.74) is 7.73. The summed E-state index contributed by atoms with van der Waals surface area (Å²) in [7, 11) is -4.02. The Morgan fingerprint density at radius 1 is 1.03 bits per heavy atom. The molecule has 7 heteroatoms. The van der Waals surface area contributed by atoms with Gasteiger partial charge in [0.15, 0.2) is 0 Å². The van der Waals surface area contributed by atoms with Crippen LogP contribution >= 0.6 is 0 Å². The lowest BCUT2D eigenvalue weighted by atomic mass is 10.1. The maximum atomic E-state index is 11.6. The molecule has 0 aliphatic rings. The third-order valence-electron chi connectivity index (χ3n) is 4.21. The van der Waals surface area contributed by atoms with Crippen molar-refractivity contribution in [2.75, 3.05) is 0 Å². The highest BCUT2D eigenvalue weighted by Crippen LogP contribution is 2.09.